The molecule has 0 atom stereocenters. The number of aromatic nitrogens is 1. The molecular weight excluding hydrogens is 190 g/mol. The summed E-state index contributed by atoms with van der Waals surface area (Å²) >= 11 is 0. The number of carbonyl (C=O) groups is 1. The van der Waals surface area contributed by atoms with E-state index in [1.165, 1.54) is 0 Å². The van der Waals surface area contributed by atoms with Crippen molar-refractivity contribution in [3.63, 3.8) is 0 Å². The van der Waals surface area contributed by atoms with Crippen molar-refractivity contribution in [3.8, 4) is 5.75 Å². The van der Waals surface area contributed by atoms with Crippen LogP contribution in [0, 0.1) is 5.92 Å². The summed E-state index contributed by atoms with van der Waals surface area (Å²) in [4.78, 5) is 15.7. The van der Waals surface area contributed by atoms with Crippen LogP contribution < -0.4 is 4.74 Å². The molecule has 82 valence electrons. The van der Waals surface area contributed by atoms with Gasteiger partial charge in [-0.05, 0) is 18.1 Å². The van der Waals surface area contributed by atoms with E-state index in [-0.39, 0.29) is 5.78 Å². The van der Waals surface area contributed by atoms with E-state index < -0.39 is 0 Å². The zero-order valence-corrected chi connectivity index (χ0v) is 9.49. The molecule has 0 spiro atoms. The lowest BCUT2D eigenvalue weighted by Crippen LogP contribution is -2.08. The van der Waals surface area contributed by atoms with Crippen LogP contribution in [0.25, 0.3) is 0 Å². The van der Waals surface area contributed by atoms with E-state index in [2.05, 4.69) is 4.98 Å². The fourth-order valence-electron chi connectivity index (χ4n) is 1.46. The number of Topliss-reactive ketones (excluding diaryl/α,β-unsaturated/α-hetero) is 1. The molecule has 0 radical (unpaired) electrons. The van der Waals surface area contributed by atoms with E-state index in [9.17, 15) is 4.79 Å². The Morgan fingerprint density at radius 3 is 2.87 bits per heavy atom. The molecule has 0 saturated heterocycles. The highest BCUT2D eigenvalue weighted by molar-refractivity contribution is 5.81. The lowest BCUT2D eigenvalue weighted by atomic mass is 10.0. The van der Waals surface area contributed by atoms with Crippen molar-refractivity contribution in [1.29, 1.82) is 0 Å². The summed E-state index contributed by atoms with van der Waals surface area (Å²) in [5.74, 6) is 1.30. The first kappa shape index (κ1) is 11.7. The summed E-state index contributed by atoms with van der Waals surface area (Å²) in [6, 6.07) is 3.63. The van der Waals surface area contributed by atoms with Crippen molar-refractivity contribution in [2.75, 3.05) is 7.11 Å². The Balaban J connectivity index is 2.67. The molecular formula is C12H17NO2. The first-order valence-corrected chi connectivity index (χ1v) is 5.13. The highest BCUT2D eigenvalue weighted by atomic mass is 16.5. The predicted octanol–water partition coefficient (Wildman–Crippen LogP) is 2.25. The zero-order chi connectivity index (χ0) is 11.3. The Morgan fingerprint density at radius 1 is 1.53 bits per heavy atom. The molecule has 3 nitrogen and oxygen atoms in total. The second-order valence-corrected chi connectivity index (χ2v) is 3.97. The third kappa shape index (κ3) is 3.70. The monoisotopic (exact) mass is 207 g/mol. The first-order valence-electron chi connectivity index (χ1n) is 5.13. The van der Waals surface area contributed by atoms with Crippen molar-refractivity contribution in [2.24, 2.45) is 5.92 Å². The maximum atomic E-state index is 11.6. The summed E-state index contributed by atoms with van der Waals surface area (Å²) in [6.07, 6.45) is 2.64. The average molecular weight is 207 g/mol. The van der Waals surface area contributed by atoms with Gasteiger partial charge in [0.05, 0.1) is 19.2 Å². The molecule has 3 heteroatoms. The van der Waals surface area contributed by atoms with Gasteiger partial charge in [-0.25, -0.2) is 0 Å². The molecule has 1 aromatic heterocycles. The highest BCUT2D eigenvalue weighted by Crippen LogP contribution is 2.16. The average Bonchev–Trinajstić information content (AvgIpc) is 2.17. The number of nitrogens with zero attached hydrogens (tertiary/aromatic N) is 1. The van der Waals surface area contributed by atoms with Gasteiger partial charge in [0.15, 0.2) is 0 Å². The van der Waals surface area contributed by atoms with Crippen LogP contribution in [0.15, 0.2) is 18.3 Å². The zero-order valence-electron chi connectivity index (χ0n) is 9.49. The van der Waals surface area contributed by atoms with E-state index in [0.717, 1.165) is 5.69 Å². The van der Waals surface area contributed by atoms with Crippen molar-refractivity contribution in [2.45, 2.75) is 26.7 Å². The van der Waals surface area contributed by atoms with Crippen LogP contribution >= 0.6 is 0 Å². The molecule has 0 aliphatic heterocycles. The minimum Gasteiger partial charge on any atom is -0.495 e. The lowest BCUT2D eigenvalue weighted by Gasteiger charge is -2.07. The number of pyridine rings is 1. The maximum Gasteiger partial charge on any atom is 0.140 e. The number of ketones is 1. The molecule has 0 unspecified atom stereocenters. The lowest BCUT2D eigenvalue weighted by molar-refractivity contribution is -0.119. The van der Waals surface area contributed by atoms with Gasteiger partial charge < -0.3 is 4.74 Å². The normalized spacial score (nSPS) is 10.4. The summed E-state index contributed by atoms with van der Waals surface area (Å²) in [7, 11) is 1.59. The van der Waals surface area contributed by atoms with E-state index in [1.54, 1.807) is 19.4 Å². The minimum absolute atomic E-state index is 0.210. The highest BCUT2D eigenvalue weighted by Gasteiger charge is 2.10. The third-order valence-electron chi connectivity index (χ3n) is 2.07. The van der Waals surface area contributed by atoms with Crippen LogP contribution in [0.2, 0.25) is 0 Å². The van der Waals surface area contributed by atoms with Crippen LogP contribution in [0.4, 0.5) is 0 Å². The number of ether oxygens (including phenoxy) is 1. The third-order valence-corrected chi connectivity index (χ3v) is 2.07. The molecule has 0 saturated carbocycles. The van der Waals surface area contributed by atoms with Gasteiger partial charge in [-0.2, -0.15) is 0 Å². The summed E-state index contributed by atoms with van der Waals surface area (Å²) < 4.78 is 5.14. The van der Waals surface area contributed by atoms with Crippen LogP contribution in [0.3, 0.4) is 0 Å². The largest absolute Gasteiger partial charge is 0.495 e. The molecule has 0 fully saturated rings. The van der Waals surface area contributed by atoms with Crippen molar-refractivity contribution < 1.29 is 9.53 Å². The molecule has 0 bridgehead atoms. The Bertz CT molecular complexity index is 334. The van der Waals surface area contributed by atoms with Crippen LogP contribution in [-0.4, -0.2) is 17.9 Å². The van der Waals surface area contributed by atoms with Crippen molar-refractivity contribution in [3.05, 3.63) is 24.0 Å². The summed E-state index contributed by atoms with van der Waals surface area (Å²) in [5, 5.41) is 0. The van der Waals surface area contributed by atoms with Gasteiger partial charge in [0.2, 0.25) is 0 Å². The Labute approximate surface area is 90.5 Å². The molecule has 0 aliphatic rings. The van der Waals surface area contributed by atoms with Crippen LogP contribution in [0.1, 0.15) is 26.0 Å². The van der Waals surface area contributed by atoms with E-state index in [1.807, 2.05) is 19.9 Å². The Hall–Kier alpha value is -1.38. The van der Waals surface area contributed by atoms with Gasteiger partial charge in [-0.3, -0.25) is 9.78 Å². The van der Waals surface area contributed by atoms with E-state index >= 15 is 0 Å². The number of hydrogen-bond donors (Lipinski definition) is 0. The van der Waals surface area contributed by atoms with Gasteiger partial charge >= 0.3 is 0 Å². The quantitative estimate of drug-likeness (QED) is 0.743. The second-order valence-electron chi connectivity index (χ2n) is 3.97. The Kier molecular flexibility index (Phi) is 4.28. The molecule has 1 aromatic rings. The van der Waals surface area contributed by atoms with Crippen molar-refractivity contribution in [1.82, 2.24) is 4.98 Å². The minimum atomic E-state index is 0.210. The molecule has 0 amide bonds. The SMILES string of the molecule is COc1cccnc1CC(=O)CC(C)C. The smallest absolute Gasteiger partial charge is 0.140 e. The Morgan fingerprint density at radius 2 is 2.27 bits per heavy atom. The van der Waals surface area contributed by atoms with Gasteiger partial charge in [0, 0.05) is 12.6 Å². The molecule has 0 aliphatic carbocycles. The van der Waals surface area contributed by atoms with Gasteiger partial charge in [0.25, 0.3) is 0 Å². The number of methoxy groups -OCH3 is 1. The number of carbonyl (C=O) groups excluding carboxylic acids is 1. The number of rotatable bonds is 5. The standard InChI is InChI=1S/C12H17NO2/c1-9(2)7-10(14)8-11-12(15-3)5-4-6-13-11/h4-6,9H,7-8H2,1-3H3. The van der Waals surface area contributed by atoms with Gasteiger partial charge in [-0.1, -0.05) is 13.8 Å². The van der Waals surface area contributed by atoms with Gasteiger partial charge in [0.1, 0.15) is 11.5 Å². The molecule has 1 rings (SSSR count). The summed E-state index contributed by atoms with van der Waals surface area (Å²) in [6.45, 7) is 4.07. The molecule has 15 heavy (non-hydrogen) atoms. The summed E-state index contributed by atoms with van der Waals surface area (Å²) in [5.41, 5.74) is 0.727. The van der Waals surface area contributed by atoms with E-state index in [0.29, 0.717) is 24.5 Å². The van der Waals surface area contributed by atoms with Gasteiger partial charge in [-0.15, -0.1) is 0 Å². The van der Waals surface area contributed by atoms with Crippen molar-refractivity contribution >= 4 is 5.78 Å². The maximum absolute atomic E-state index is 11.6. The first-order chi connectivity index (χ1) is 7.13. The number of hydrogen-bond acceptors (Lipinski definition) is 3. The topological polar surface area (TPSA) is 39.2 Å². The van der Waals surface area contributed by atoms with E-state index in [4.69, 9.17) is 4.74 Å². The van der Waals surface area contributed by atoms with Crippen LogP contribution in [0.5, 0.6) is 5.75 Å². The van der Waals surface area contributed by atoms with Crippen LogP contribution in [-0.2, 0) is 11.2 Å². The second kappa shape index (κ2) is 5.49. The molecule has 1 heterocycles. The molecule has 0 N–H and O–H groups in total. The fourth-order valence-corrected chi connectivity index (χ4v) is 1.46. The fraction of sp³-hybridized carbons (Fsp3) is 0.500. The predicted molar refractivity (Wildman–Crippen MR) is 59.0 cm³/mol. The molecule has 0 aromatic carbocycles.